The molecule has 0 fully saturated rings. The lowest BCUT2D eigenvalue weighted by Crippen LogP contribution is -2.16. The van der Waals surface area contributed by atoms with E-state index in [0.717, 1.165) is 5.56 Å². The van der Waals surface area contributed by atoms with Crippen LogP contribution in [0, 0.1) is 13.8 Å². The van der Waals surface area contributed by atoms with Gasteiger partial charge in [0.25, 0.3) is 0 Å². The lowest BCUT2D eigenvalue weighted by molar-refractivity contribution is 0.597. The number of aromatic nitrogens is 2. The maximum absolute atomic E-state index is 11.1. The summed E-state index contributed by atoms with van der Waals surface area (Å²) in [7, 11) is -3.71. The van der Waals surface area contributed by atoms with E-state index in [1.807, 2.05) is 6.92 Å². The Morgan fingerprint density at radius 3 is 2.00 bits per heavy atom. The van der Waals surface area contributed by atoms with E-state index in [2.05, 4.69) is 9.97 Å². The molecule has 0 saturated heterocycles. The van der Waals surface area contributed by atoms with E-state index in [1.54, 1.807) is 37.5 Å². The van der Waals surface area contributed by atoms with Gasteiger partial charge in [-0.25, -0.2) is 23.5 Å². The smallest absolute Gasteiger partial charge is 0.240 e. The fourth-order valence-corrected chi connectivity index (χ4v) is 2.52. The number of nitrogens with zero attached hydrogens (tertiary/aromatic N) is 2. The standard InChI is InChI=1S/C8H12N2O2S.C4H4N2/c1-5-3-6(2)8(7(9)4-5)13(10,11)12;1-2-5-4-6-3-1/h3-4H,9H2,1-2H3,(H2,10,11,12);1-4H. The molecule has 6 nitrogen and oxygen atoms in total. The van der Waals surface area contributed by atoms with Crippen molar-refractivity contribution in [3.8, 4) is 0 Å². The predicted molar refractivity (Wildman–Crippen MR) is 73.7 cm³/mol. The molecule has 0 bridgehead atoms. The van der Waals surface area contributed by atoms with Gasteiger partial charge in [-0.1, -0.05) is 6.07 Å². The van der Waals surface area contributed by atoms with Crippen molar-refractivity contribution < 1.29 is 8.42 Å². The Kier molecular flexibility index (Phi) is 4.96. The summed E-state index contributed by atoms with van der Waals surface area (Å²) in [6.07, 6.45) is 4.88. The Morgan fingerprint density at radius 1 is 1.11 bits per heavy atom. The highest BCUT2D eigenvalue weighted by molar-refractivity contribution is 7.89. The molecule has 0 aliphatic heterocycles. The molecule has 7 heteroatoms. The molecule has 0 saturated carbocycles. The molecule has 0 aliphatic carbocycles. The number of sulfonamides is 1. The van der Waals surface area contributed by atoms with Crippen LogP contribution in [0.4, 0.5) is 5.69 Å². The number of hydrogen-bond donors (Lipinski definition) is 2. The van der Waals surface area contributed by atoms with Gasteiger partial charge in [-0.3, -0.25) is 0 Å². The minimum atomic E-state index is -3.71. The van der Waals surface area contributed by atoms with Gasteiger partial charge in [0, 0.05) is 12.4 Å². The summed E-state index contributed by atoms with van der Waals surface area (Å²) >= 11 is 0. The molecule has 0 spiro atoms. The lowest BCUT2D eigenvalue weighted by atomic mass is 10.1. The van der Waals surface area contributed by atoms with Crippen molar-refractivity contribution in [2.75, 3.05) is 5.73 Å². The van der Waals surface area contributed by atoms with Crippen LogP contribution in [0.2, 0.25) is 0 Å². The normalized spacial score (nSPS) is 10.5. The number of primary sulfonamides is 1. The average molecular weight is 280 g/mol. The number of hydrogen-bond acceptors (Lipinski definition) is 5. The maximum Gasteiger partial charge on any atom is 0.240 e. The van der Waals surface area contributed by atoms with Crippen LogP contribution in [0.25, 0.3) is 0 Å². The van der Waals surface area contributed by atoms with Crippen LogP contribution in [0.1, 0.15) is 11.1 Å². The van der Waals surface area contributed by atoms with Crippen molar-refractivity contribution in [1.82, 2.24) is 9.97 Å². The van der Waals surface area contributed by atoms with E-state index < -0.39 is 10.0 Å². The molecular formula is C12H16N4O2S. The van der Waals surface area contributed by atoms with Crippen LogP contribution in [-0.2, 0) is 10.0 Å². The van der Waals surface area contributed by atoms with Crippen molar-refractivity contribution >= 4 is 15.7 Å². The first-order valence-electron chi connectivity index (χ1n) is 5.42. The Morgan fingerprint density at radius 2 is 1.68 bits per heavy atom. The Bertz CT molecular complexity index is 592. The van der Waals surface area contributed by atoms with Crippen LogP contribution in [-0.4, -0.2) is 18.4 Å². The second-order valence-corrected chi connectivity index (χ2v) is 5.45. The molecule has 2 rings (SSSR count). The summed E-state index contributed by atoms with van der Waals surface area (Å²) in [5, 5.41) is 5.00. The van der Waals surface area contributed by atoms with Gasteiger partial charge < -0.3 is 5.73 Å². The quantitative estimate of drug-likeness (QED) is 0.757. The Hall–Kier alpha value is -1.99. The summed E-state index contributed by atoms with van der Waals surface area (Å²) < 4.78 is 22.2. The lowest BCUT2D eigenvalue weighted by Gasteiger charge is -2.07. The van der Waals surface area contributed by atoms with Gasteiger partial charge in [-0.2, -0.15) is 0 Å². The monoisotopic (exact) mass is 280 g/mol. The van der Waals surface area contributed by atoms with Gasteiger partial charge in [0.2, 0.25) is 10.0 Å². The van der Waals surface area contributed by atoms with Gasteiger partial charge in [-0.05, 0) is 37.1 Å². The Labute approximate surface area is 112 Å². The molecule has 1 heterocycles. The van der Waals surface area contributed by atoms with Gasteiger partial charge in [0.05, 0.1) is 5.69 Å². The molecule has 0 unspecified atom stereocenters. The highest BCUT2D eigenvalue weighted by Gasteiger charge is 2.15. The molecule has 0 atom stereocenters. The highest BCUT2D eigenvalue weighted by Crippen LogP contribution is 2.22. The zero-order valence-corrected chi connectivity index (χ0v) is 11.6. The number of rotatable bonds is 1. The summed E-state index contributed by atoms with van der Waals surface area (Å²) in [6.45, 7) is 3.51. The van der Waals surface area contributed by atoms with Gasteiger partial charge in [0.15, 0.2) is 0 Å². The topological polar surface area (TPSA) is 112 Å². The second-order valence-electron chi connectivity index (χ2n) is 3.95. The first-order chi connectivity index (χ1) is 8.82. The fraction of sp³-hybridized carbons (Fsp3) is 0.167. The Balaban J connectivity index is 0.000000250. The number of anilines is 1. The predicted octanol–water partition coefficient (Wildman–Crippen LogP) is 1.01. The summed E-state index contributed by atoms with van der Waals surface area (Å²) in [5.74, 6) is 0. The van der Waals surface area contributed by atoms with Crippen molar-refractivity contribution in [3.05, 3.63) is 48.0 Å². The van der Waals surface area contributed by atoms with Crippen molar-refractivity contribution in [3.63, 3.8) is 0 Å². The minimum absolute atomic E-state index is 0.0260. The molecule has 0 aliphatic rings. The first-order valence-corrected chi connectivity index (χ1v) is 6.96. The van der Waals surface area contributed by atoms with Crippen molar-refractivity contribution in [2.24, 2.45) is 5.14 Å². The van der Waals surface area contributed by atoms with Crippen LogP contribution < -0.4 is 10.9 Å². The first kappa shape index (κ1) is 15.1. The number of nitrogen functional groups attached to an aromatic ring is 1. The third kappa shape index (κ3) is 4.65. The molecule has 0 amide bonds. The zero-order valence-electron chi connectivity index (χ0n) is 10.7. The van der Waals surface area contributed by atoms with Crippen molar-refractivity contribution in [2.45, 2.75) is 18.7 Å². The number of aryl methyl sites for hydroxylation is 2. The second kappa shape index (κ2) is 6.26. The molecule has 0 radical (unpaired) electrons. The van der Waals surface area contributed by atoms with Crippen molar-refractivity contribution in [1.29, 1.82) is 0 Å². The average Bonchev–Trinajstić information content (AvgIpc) is 2.28. The number of benzene rings is 1. The van der Waals surface area contributed by atoms with E-state index in [1.165, 1.54) is 6.33 Å². The van der Waals surface area contributed by atoms with Crippen LogP contribution in [0.3, 0.4) is 0 Å². The van der Waals surface area contributed by atoms with Crippen LogP contribution in [0.5, 0.6) is 0 Å². The molecular weight excluding hydrogens is 264 g/mol. The third-order valence-corrected chi connectivity index (χ3v) is 3.34. The molecule has 19 heavy (non-hydrogen) atoms. The van der Waals surface area contributed by atoms with Crippen LogP contribution in [0.15, 0.2) is 41.8 Å². The largest absolute Gasteiger partial charge is 0.398 e. The molecule has 4 N–H and O–H groups in total. The summed E-state index contributed by atoms with van der Waals surface area (Å²) in [5.41, 5.74) is 7.26. The maximum atomic E-state index is 11.1. The highest BCUT2D eigenvalue weighted by atomic mass is 32.2. The third-order valence-electron chi connectivity index (χ3n) is 2.21. The van der Waals surface area contributed by atoms with Gasteiger partial charge >= 0.3 is 0 Å². The molecule has 2 aromatic rings. The van der Waals surface area contributed by atoms with Crippen LogP contribution >= 0.6 is 0 Å². The fourth-order valence-electron chi connectivity index (χ4n) is 1.63. The molecule has 102 valence electrons. The van der Waals surface area contributed by atoms with E-state index in [9.17, 15) is 8.42 Å². The molecule has 1 aromatic carbocycles. The zero-order chi connectivity index (χ0) is 14.5. The van der Waals surface area contributed by atoms with E-state index in [4.69, 9.17) is 10.9 Å². The van der Waals surface area contributed by atoms with Gasteiger partial charge in [0.1, 0.15) is 11.2 Å². The summed E-state index contributed by atoms with van der Waals surface area (Å²) in [6, 6.07) is 5.10. The SMILES string of the molecule is Cc1cc(C)c(S(N)(=O)=O)c(N)c1.c1cncnc1. The minimum Gasteiger partial charge on any atom is -0.398 e. The number of nitrogens with two attached hydrogens (primary N) is 2. The van der Waals surface area contributed by atoms with Gasteiger partial charge in [-0.15, -0.1) is 0 Å². The summed E-state index contributed by atoms with van der Waals surface area (Å²) in [4.78, 5) is 7.37. The van der Waals surface area contributed by atoms with E-state index in [0.29, 0.717) is 5.56 Å². The van der Waals surface area contributed by atoms with E-state index >= 15 is 0 Å². The van der Waals surface area contributed by atoms with E-state index in [-0.39, 0.29) is 10.6 Å². The molecule has 1 aromatic heterocycles.